The number of nitrogens with one attached hydrogen (secondary N) is 2. The Balaban J connectivity index is 1.77. The van der Waals surface area contributed by atoms with Crippen LogP contribution in [0.4, 0.5) is 29.5 Å². The fraction of sp³-hybridized carbons (Fsp3) is 0.429. The number of carbonyl (C=O) groups excluding carboxylic acids is 1. The lowest BCUT2D eigenvalue weighted by Gasteiger charge is -2.40. The molecule has 6 nitrogen and oxygen atoms in total. The second-order valence-corrected chi connectivity index (χ2v) is 8.02. The molecule has 0 unspecified atom stereocenters. The van der Waals surface area contributed by atoms with Crippen LogP contribution < -0.4 is 15.5 Å². The average Bonchev–Trinajstić information content (AvgIpc) is 3.36. The molecule has 1 atom stereocenters. The number of benzene rings is 1. The fourth-order valence-electron chi connectivity index (χ4n) is 3.39. The highest BCUT2D eigenvalue weighted by Crippen LogP contribution is 2.44. The summed E-state index contributed by atoms with van der Waals surface area (Å²) in [5.41, 5.74) is -2.05. The van der Waals surface area contributed by atoms with Gasteiger partial charge in [-0.3, -0.25) is 4.68 Å². The highest BCUT2D eigenvalue weighted by molar-refractivity contribution is 5.95. The van der Waals surface area contributed by atoms with Crippen molar-refractivity contribution in [1.82, 2.24) is 15.1 Å². The first-order valence-corrected chi connectivity index (χ1v) is 9.62. The summed E-state index contributed by atoms with van der Waals surface area (Å²) in [6.45, 7) is 0.766. The first-order valence-electron chi connectivity index (χ1n) is 9.62. The molecule has 4 rings (SSSR count). The van der Waals surface area contributed by atoms with E-state index in [0.717, 1.165) is 18.9 Å². The number of hydrogen-bond donors (Lipinski definition) is 2. The Morgan fingerprint density at radius 1 is 1.37 bits per heavy atom. The normalized spacial score (nSPS) is 20.5. The van der Waals surface area contributed by atoms with Crippen LogP contribution in [0, 0.1) is 23.6 Å². The molecule has 0 saturated heterocycles. The summed E-state index contributed by atoms with van der Waals surface area (Å²) >= 11 is 0. The summed E-state index contributed by atoms with van der Waals surface area (Å²) in [5.74, 6) is 2.02. The smallest absolute Gasteiger partial charge is 0.320 e. The Hall–Kier alpha value is -3.15. The zero-order valence-corrected chi connectivity index (χ0v) is 16.9. The van der Waals surface area contributed by atoms with Crippen LogP contribution in [0.25, 0.3) is 0 Å². The topological polar surface area (TPSA) is 62.2 Å². The Labute approximate surface area is 172 Å². The number of urea groups is 1. The monoisotopic (exact) mass is 417 g/mol. The van der Waals surface area contributed by atoms with Crippen molar-refractivity contribution in [2.75, 3.05) is 24.3 Å². The zero-order chi connectivity index (χ0) is 21.7. The lowest BCUT2D eigenvalue weighted by atomic mass is 9.81. The fourth-order valence-corrected chi connectivity index (χ4v) is 3.39. The number of fused-ring (bicyclic) bond motifs is 1. The van der Waals surface area contributed by atoms with Crippen LogP contribution >= 0.6 is 0 Å². The van der Waals surface area contributed by atoms with Gasteiger partial charge in [-0.25, -0.2) is 18.0 Å². The molecular weight excluding hydrogens is 395 g/mol. The molecule has 2 amide bonds. The maximum absolute atomic E-state index is 15.0. The van der Waals surface area contributed by atoms with Crippen LogP contribution in [0.1, 0.15) is 30.9 Å². The lowest BCUT2D eigenvalue weighted by Crippen LogP contribution is -2.59. The third-order valence-electron chi connectivity index (χ3n) is 5.26. The van der Waals surface area contributed by atoms with E-state index in [0.29, 0.717) is 12.7 Å². The minimum absolute atomic E-state index is 0.0364. The molecule has 2 aliphatic rings. The third kappa shape index (κ3) is 3.58. The second kappa shape index (κ2) is 6.97. The number of hydrogen-bond acceptors (Lipinski definition) is 3. The Morgan fingerprint density at radius 3 is 2.70 bits per heavy atom. The van der Waals surface area contributed by atoms with Gasteiger partial charge < -0.3 is 15.5 Å². The Morgan fingerprint density at radius 2 is 2.10 bits per heavy atom. The van der Waals surface area contributed by atoms with E-state index in [1.54, 1.807) is 12.3 Å². The summed E-state index contributed by atoms with van der Waals surface area (Å²) in [7, 11) is 3.67. The van der Waals surface area contributed by atoms with Crippen LogP contribution in [0.3, 0.4) is 0 Å². The van der Waals surface area contributed by atoms with Crippen LogP contribution in [0.15, 0.2) is 24.4 Å². The van der Waals surface area contributed by atoms with Gasteiger partial charge in [0.25, 0.3) is 5.92 Å². The largest absolute Gasteiger partial charge is 0.361 e. The van der Waals surface area contributed by atoms with Crippen LogP contribution in [-0.2, 0) is 12.1 Å². The molecule has 1 saturated carbocycles. The van der Waals surface area contributed by atoms with Gasteiger partial charge >= 0.3 is 6.03 Å². The standard InChI is InChI=1S/C21H22F3N5O/c1-20(23,24)21(8-6-13-4-5-13)15-11-16(22)14(10-17(15)25-19(30)26-21)12-29-9-7-18(27-29)28(2)3/h7,9-11,13H,4-5,12H2,1-3H3,(H2,25,26,30)/t21-/m0/s1. The zero-order valence-electron chi connectivity index (χ0n) is 16.9. The maximum Gasteiger partial charge on any atom is 0.320 e. The van der Waals surface area contributed by atoms with Gasteiger partial charge in [0.05, 0.1) is 6.54 Å². The number of nitrogens with zero attached hydrogens (tertiary/aromatic N) is 3. The first-order chi connectivity index (χ1) is 14.1. The summed E-state index contributed by atoms with van der Waals surface area (Å²) in [6.07, 6.45) is 3.37. The summed E-state index contributed by atoms with van der Waals surface area (Å²) in [6, 6.07) is 3.38. The predicted octanol–water partition coefficient (Wildman–Crippen LogP) is 3.54. The maximum atomic E-state index is 15.0. The van der Waals surface area contributed by atoms with E-state index in [4.69, 9.17) is 0 Å². The van der Waals surface area contributed by atoms with Crippen LogP contribution in [0.5, 0.6) is 0 Å². The highest BCUT2D eigenvalue weighted by Gasteiger charge is 2.55. The van der Waals surface area contributed by atoms with Gasteiger partial charge in [-0.2, -0.15) is 5.10 Å². The summed E-state index contributed by atoms with van der Waals surface area (Å²) in [4.78, 5) is 14.0. The van der Waals surface area contributed by atoms with Gasteiger partial charge in [0, 0.05) is 56.0 Å². The average molecular weight is 417 g/mol. The number of anilines is 2. The number of aromatic nitrogens is 2. The predicted molar refractivity (Wildman–Crippen MR) is 107 cm³/mol. The van der Waals surface area contributed by atoms with Crippen LogP contribution in [-0.4, -0.2) is 35.8 Å². The number of amides is 2. The molecule has 30 heavy (non-hydrogen) atoms. The van der Waals surface area contributed by atoms with E-state index in [9.17, 15) is 18.0 Å². The van der Waals surface area contributed by atoms with Gasteiger partial charge in [0.15, 0.2) is 5.54 Å². The van der Waals surface area contributed by atoms with E-state index >= 15 is 0 Å². The van der Waals surface area contributed by atoms with Crippen molar-refractivity contribution >= 4 is 17.5 Å². The number of carbonyl (C=O) groups is 1. The molecule has 1 aromatic heterocycles. The van der Waals surface area contributed by atoms with Crippen molar-refractivity contribution in [3.63, 3.8) is 0 Å². The molecule has 158 valence electrons. The first kappa shape index (κ1) is 20.1. The number of alkyl halides is 2. The van der Waals surface area contributed by atoms with Gasteiger partial charge in [0.2, 0.25) is 0 Å². The minimum atomic E-state index is -3.43. The molecule has 1 fully saturated rings. The second-order valence-electron chi connectivity index (χ2n) is 8.02. The Bertz CT molecular complexity index is 1060. The SMILES string of the molecule is CN(C)c1ccn(Cc2cc3c(cc2F)[C@@](C#CC2CC2)(C(C)(F)F)NC(=O)N3)n1. The molecule has 0 radical (unpaired) electrons. The molecule has 1 aliphatic heterocycles. The van der Waals surface area contributed by atoms with Crippen LogP contribution in [0.2, 0.25) is 0 Å². The minimum Gasteiger partial charge on any atom is -0.361 e. The quantitative estimate of drug-likeness (QED) is 0.749. The van der Waals surface area contributed by atoms with E-state index in [1.165, 1.54) is 10.7 Å². The molecule has 0 bridgehead atoms. The molecule has 1 aliphatic carbocycles. The lowest BCUT2D eigenvalue weighted by molar-refractivity contribution is -0.0465. The van der Waals surface area contributed by atoms with Crippen molar-refractivity contribution in [3.05, 3.63) is 41.3 Å². The Kier molecular flexibility index (Phi) is 4.68. The van der Waals surface area contributed by atoms with Gasteiger partial charge in [-0.1, -0.05) is 11.8 Å². The van der Waals surface area contributed by atoms with E-state index in [2.05, 4.69) is 27.6 Å². The number of rotatable bonds is 4. The van der Waals surface area contributed by atoms with Gasteiger partial charge in [0.1, 0.15) is 11.6 Å². The third-order valence-corrected chi connectivity index (χ3v) is 5.26. The van der Waals surface area contributed by atoms with E-state index < -0.39 is 23.3 Å². The van der Waals surface area contributed by atoms with E-state index in [1.807, 2.05) is 19.0 Å². The van der Waals surface area contributed by atoms with Crippen molar-refractivity contribution in [2.45, 2.75) is 37.8 Å². The molecule has 2 aromatic rings. The van der Waals surface area contributed by atoms with Gasteiger partial charge in [-0.05, 0) is 25.0 Å². The highest BCUT2D eigenvalue weighted by atomic mass is 19.3. The molecule has 9 heteroatoms. The molecule has 0 spiro atoms. The van der Waals surface area contributed by atoms with Gasteiger partial charge in [-0.15, -0.1) is 0 Å². The van der Waals surface area contributed by atoms with Crippen molar-refractivity contribution < 1.29 is 18.0 Å². The van der Waals surface area contributed by atoms with Crippen molar-refractivity contribution in [1.29, 1.82) is 0 Å². The molecule has 2 N–H and O–H groups in total. The van der Waals surface area contributed by atoms with Crippen molar-refractivity contribution in [2.24, 2.45) is 5.92 Å². The summed E-state index contributed by atoms with van der Waals surface area (Å²) < 4.78 is 46.0. The number of halogens is 3. The molecule has 1 aromatic carbocycles. The summed E-state index contributed by atoms with van der Waals surface area (Å²) in [5, 5.41) is 9.10. The van der Waals surface area contributed by atoms with E-state index in [-0.39, 0.29) is 29.3 Å². The molecule has 2 heterocycles. The van der Waals surface area contributed by atoms with Crippen molar-refractivity contribution in [3.8, 4) is 11.8 Å². The molecular formula is C21H22F3N5O.